The second kappa shape index (κ2) is 18.0. The van der Waals surface area contributed by atoms with E-state index in [4.69, 9.17) is 0 Å². The highest BCUT2D eigenvalue weighted by Crippen LogP contribution is 2.09. The summed E-state index contributed by atoms with van der Waals surface area (Å²) in [6.45, 7) is 7.13. The molecule has 0 aromatic carbocycles. The van der Waals surface area contributed by atoms with Crippen LogP contribution in [0.4, 0.5) is 0 Å². The van der Waals surface area contributed by atoms with Crippen LogP contribution in [0.2, 0.25) is 0 Å². The summed E-state index contributed by atoms with van der Waals surface area (Å²) in [6.07, 6.45) is 21.7. The van der Waals surface area contributed by atoms with E-state index in [1.807, 2.05) is 0 Å². The minimum Gasteiger partial charge on any atom is -0.247 e. The molecule has 0 heterocycles. The van der Waals surface area contributed by atoms with Gasteiger partial charge in [0.15, 0.2) is 0 Å². The molecule has 0 saturated heterocycles. The Balaban J connectivity index is 3.37. The van der Waals surface area contributed by atoms with Crippen LogP contribution in [-0.4, -0.2) is 11.9 Å². The van der Waals surface area contributed by atoms with Crippen LogP contribution in [-0.2, 0) is 19.4 Å². The molecule has 0 saturated carbocycles. The van der Waals surface area contributed by atoms with Crippen LogP contribution in [0.25, 0.3) is 0 Å². The summed E-state index contributed by atoms with van der Waals surface area (Å²) in [5.41, 5.74) is 0.204. The van der Waals surface area contributed by atoms with E-state index in [0.717, 1.165) is 38.5 Å². The van der Waals surface area contributed by atoms with E-state index in [2.05, 4.69) is 47.6 Å². The van der Waals surface area contributed by atoms with Crippen LogP contribution in [0.15, 0.2) is 36.5 Å². The average Bonchev–Trinajstić information content (AvgIpc) is 2.62. The van der Waals surface area contributed by atoms with Gasteiger partial charge in [0, 0.05) is 5.57 Å². The Morgan fingerprint density at radius 3 is 2.00 bits per heavy atom. The minimum atomic E-state index is -0.710. The van der Waals surface area contributed by atoms with E-state index >= 15 is 0 Å². The van der Waals surface area contributed by atoms with Crippen LogP contribution >= 0.6 is 0 Å². The maximum Gasteiger partial charge on any atom is 0.381 e. The lowest BCUT2D eigenvalue weighted by Gasteiger charge is -2.03. The summed E-state index contributed by atoms with van der Waals surface area (Å²) < 4.78 is 0. The van der Waals surface area contributed by atoms with Crippen LogP contribution in [0, 0.1) is 0 Å². The normalized spacial score (nSPS) is 11.2. The molecule has 0 fully saturated rings. The van der Waals surface area contributed by atoms with Gasteiger partial charge in [0.25, 0.3) is 0 Å². The first-order chi connectivity index (χ1) is 12.6. The lowest BCUT2D eigenvalue weighted by molar-refractivity contribution is -0.255. The molecule has 0 atom stereocenters. The number of hydrogen-bond acceptors (Lipinski definition) is 4. The quantitative estimate of drug-likeness (QED) is 0.111. The Labute approximate surface area is 159 Å². The Hall–Kier alpha value is -1.84. The molecule has 0 radical (unpaired) electrons. The second-order valence-electron chi connectivity index (χ2n) is 6.59. The third kappa shape index (κ3) is 17.0. The van der Waals surface area contributed by atoms with Crippen molar-refractivity contribution >= 4 is 11.9 Å². The zero-order valence-corrected chi connectivity index (χ0v) is 16.6. The van der Waals surface area contributed by atoms with Gasteiger partial charge in [-0.3, -0.25) is 0 Å². The van der Waals surface area contributed by atoms with Crippen LogP contribution < -0.4 is 0 Å². The molecule has 0 N–H and O–H groups in total. The van der Waals surface area contributed by atoms with Crippen molar-refractivity contribution in [2.24, 2.45) is 0 Å². The van der Waals surface area contributed by atoms with Crippen molar-refractivity contribution in [2.45, 2.75) is 90.9 Å². The fourth-order valence-corrected chi connectivity index (χ4v) is 2.28. The fraction of sp³-hybridized carbons (Fsp3) is 0.636. The Kier molecular flexibility index (Phi) is 16.7. The number of allylic oxidation sites excluding steroid dienone is 4. The highest BCUT2D eigenvalue weighted by Gasteiger charge is 2.09. The molecule has 26 heavy (non-hydrogen) atoms. The van der Waals surface area contributed by atoms with Gasteiger partial charge in [0.05, 0.1) is 6.42 Å². The molecule has 0 aromatic heterocycles. The maximum atomic E-state index is 11.4. The van der Waals surface area contributed by atoms with Gasteiger partial charge in [0.2, 0.25) is 0 Å². The Bertz CT molecular complexity index is 449. The fourth-order valence-electron chi connectivity index (χ4n) is 2.28. The van der Waals surface area contributed by atoms with Crippen molar-refractivity contribution in [3.63, 3.8) is 0 Å². The van der Waals surface area contributed by atoms with Crippen LogP contribution in [0.5, 0.6) is 0 Å². The molecule has 0 aliphatic carbocycles. The molecule has 148 valence electrons. The molecule has 0 aliphatic rings. The van der Waals surface area contributed by atoms with Crippen LogP contribution in [0.3, 0.4) is 0 Å². The zero-order valence-electron chi connectivity index (χ0n) is 16.6. The molecular weight excluding hydrogens is 328 g/mol. The van der Waals surface area contributed by atoms with Crippen molar-refractivity contribution in [3.8, 4) is 0 Å². The van der Waals surface area contributed by atoms with E-state index in [9.17, 15) is 9.59 Å². The number of rotatable bonds is 15. The Morgan fingerprint density at radius 2 is 1.38 bits per heavy atom. The molecular formula is C22H36O4. The van der Waals surface area contributed by atoms with Crippen molar-refractivity contribution in [1.82, 2.24) is 0 Å². The Morgan fingerprint density at radius 1 is 0.808 bits per heavy atom. The number of hydrogen-bond donors (Lipinski definition) is 0. The van der Waals surface area contributed by atoms with Gasteiger partial charge in [-0.15, -0.1) is 0 Å². The highest BCUT2D eigenvalue weighted by atomic mass is 17.2. The molecule has 0 aromatic rings. The topological polar surface area (TPSA) is 52.6 Å². The summed E-state index contributed by atoms with van der Waals surface area (Å²) in [7, 11) is 0. The van der Waals surface area contributed by atoms with Gasteiger partial charge in [-0.1, -0.05) is 69.9 Å². The molecule has 4 heteroatoms. The highest BCUT2D eigenvalue weighted by molar-refractivity contribution is 5.87. The number of carbonyl (C=O) groups is 2. The summed E-state index contributed by atoms with van der Waals surface area (Å²) >= 11 is 0. The van der Waals surface area contributed by atoms with Gasteiger partial charge in [0.1, 0.15) is 0 Å². The third-order valence-electron chi connectivity index (χ3n) is 3.89. The predicted octanol–water partition coefficient (Wildman–Crippen LogP) is 6.38. The molecule has 0 aliphatic heterocycles. The van der Waals surface area contributed by atoms with Gasteiger partial charge in [-0.25, -0.2) is 19.4 Å². The molecule has 0 rings (SSSR count). The number of carbonyl (C=O) groups excluding carboxylic acids is 2. The van der Waals surface area contributed by atoms with Gasteiger partial charge in [-0.05, 0) is 45.4 Å². The summed E-state index contributed by atoms with van der Waals surface area (Å²) in [5, 5.41) is 0. The van der Waals surface area contributed by atoms with Crippen molar-refractivity contribution in [3.05, 3.63) is 36.5 Å². The smallest absolute Gasteiger partial charge is 0.247 e. The molecule has 0 amide bonds. The van der Waals surface area contributed by atoms with Crippen LogP contribution in [0.1, 0.15) is 90.9 Å². The van der Waals surface area contributed by atoms with E-state index in [-0.39, 0.29) is 12.0 Å². The predicted molar refractivity (Wildman–Crippen MR) is 106 cm³/mol. The van der Waals surface area contributed by atoms with Gasteiger partial charge in [-0.2, -0.15) is 0 Å². The van der Waals surface area contributed by atoms with E-state index in [1.54, 1.807) is 0 Å². The third-order valence-corrected chi connectivity index (χ3v) is 3.89. The van der Waals surface area contributed by atoms with E-state index in [0.29, 0.717) is 0 Å². The minimum absolute atomic E-state index is 0.204. The molecule has 4 nitrogen and oxygen atoms in total. The molecule has 0 unspecified atom stereocenters. The van der Waals surface area contributed by atoms with Crippen molar-refractivity contribution in [2.75, 3.05) is 0 Å². The first-order valence-electron chi connectivity index (χ1n) is 9.95. The monoisotopic (exact) mass is 364 g/mol. The van der Waals surface area contributed by atoms with E-state index < -0.39 is 11.9 Å². The van der Waals surface area contributed by atoms with Crippen molar-refractivity contribution < 1.29 is 19.4 Å². The average molecular weight is 365 g/mol. The van der Waals surface area contributed by atoms with Gasteiger partial charge < -0.3 is 0 Å². The van der Waals surface area contributed by atoms with E-state index in [1.165, 1.54) is 39.0 Å². The zero-order chi connectivity index (χ0) is 19.5. The standard InChI is InChI=1S/C22H36O4/c1-4-5-6-7-8-9-10-11-12-13-14-15-16-17-18-19-21(23)25-26-22(24)20(2)3/h8-9,11-12H,2,4-7,10,13-19H2,1,3H3/b9-8-,12-11-. The first kappa shape index (κ1) is 24.2. The summed E-state index contributed by atoms with van der Waals surface area (Å²) in [5.74, 6) is -1.22. The SMILES string of the molecule is C=C(C)C(=O)OOC(=O)CCCCCCC/C=C\C/C=C\CCCCC. The lowest BCUT2D eigenvalue weighted by Crippen LogP contribution is -2.11. The van der Waals surface area contributed by atoms with Crippen molar-refractivity contribution in [1.29, 1.82) is 0 Å². The van der Waals surface area contributed by atoms with Gasteiger partial charge >= 0.3 is 11.9 Å². The molecule has 0 spiro atoms. The largest absolute Gasteiger partial charge is 0.381 e. The maximum absolute atomic E-state index is 11.4. The summed E-state index contributed by atoms with van der Waals surface area (Å²) in [4.78, 5) is 31.2. The number of unbranched alkanes of at least 4 members (excludes halogenated alkanes) is 8. The second-order valence-corrected chi connectivity index (χ2v) is 6.59. The first-order valence-corrected chi connectivity index (χ1v) is 9.95. The lowest BCUT2D eigenvalue weighted by atomic mass is 10.1. The molecule has 0 bridgehead atoms. The summed E-state index contributed by atoms with van der Waals surface area (Å²) in [6, 6.07) is 0.